The largest absolute Gasteiger partial charge is 0.444 e. The second-order valence-corrected chi connectivity index (χ2v) is 7.10. The van der Waals surface area contributed by atoms with Crippen molar-refractivity contribution in [1.29, 1.82) is 0 Å². The van der Waals surface area contributed by atoms with Gasteiger partial charge in [-0.3, -0.25) is 4.68 Å². The number of hydrogen-bond acceptors (Lipinski definition) is 4. The molecule has 0 aliphatic rings. The van der Waals surface area contributed by atoms with Crippen molar-refractivity contribution in [1.82, 2.24) is 20.4 Å². The Morgan fingerprint density at radius 1 is 1.35 bits per heavy atom. The number of carbonyl (C=O) groups excluding carboxylic acids is 1. The van der Waals surface area contributed by atoms with Gasteiger partial charge in [-0.1, -0.05) is 13.8 Å². The molecule has 1 rings (SSSR count). The van der Waals surface area contributed by atoms with E-state index < -0.39 is 5.60 Å². The van der Waals surface area contributed by atoms with Crippen molar-refractivity contribution >= 4 is 6.09 Å². The second kappa shape index (κ2) is 7.81. The maximum absolute atomic E-state index is 12.1. The lowest BCUT2D eigenvalue weighted by atomic mass is 9.92. The van der Waals surface area contributed by atoms with Crippen LogP contribution in [-0.4, -0.2) is 33.6 Å². The van der Waals surface area contributed by atoms with E-state index in [0.717, 1.165) is 18.5 Å². The number of nitrogens with zero attached hydrogens (tertiary/aromatic N) is 2. The number of aromatic nitrogens is 2. The SMILES string of the molecule is CCC(CC)(CNC(C)c1ccnn1C)NC(=O)OC(C)(C)C. The Labute approximate surface area is 140 Å². The van der Waals surface area contributed by atoms with Crippen LogP contribution in [0.1, 0.15) is 66.1 Å². The van der Waals surface area contributed by atoms with E-state index in [4.69, 9.17) is 4.74 Å². The van der Waals surface area contributed by atoms with Gasteiger partial charge in [-0.2, -0.15) is 5.10 Å². The summed E-state index contributed by atoms with van der Waals surface area (Å²) >= 11 is 0. The molecule has 0 aliphatic heterocycles. The van der Waals surface area contributed by atoms with E-state index in [2.05, 4.69) is 36.5 Å². The maximum atomic E-state index is 12.1. The van der Waals surface area contributed by atoms with E-state index >= 15 is 0 Å². The van der Waals surface area contributed by atoms with E-state index in [1.807, 2.05) is 38.6 Å². The lowest BCUT2D eigenvalue weighted by Gasteiger charge is -2.35. The number of hydrogen-bond donors (Lipinski definition) is 2. The first-order valence-corrected chi connectivity index (χ1v) is 8.35. The highest BCUT2D eigenvalue weighted by Crippen LogP contribution is 2.18. The quantitative estimate of drug-likeness (QED) is 0.808. The molecule has 0 spiro atoms. The third-order valence-electron chi connectivity index (χ3n) is 4.17. The lowest BCUT2D eigenvalue weighted by molar-refractivity contribution is 0.0444. The van der Waals surface area contributed by atoms with Crippen LogP contribution in [0.15, 0.2) is 12.3 Å². The molecular formula is C17H32N4O2. The molecule has 0 aliphatic carbocycles. The molecule has 0 aromatic carbocycles. The van der Waals surface area contributed by atoms with E-state index in [1.54, 1.807) is 6.20 Å². The minimum Gasteiger partial charge on any atom is -0.444 e. The molecule has 0 radical (unpaired) electrons. The van der Waals surface area contributed by atoms with Crippen LogP contribution in [0.3, 0.4) is 0 Å². The lowest BCUT2D eigenvalue weighted by Crippen LogP contribution is -2.55. The number of carbonyl (C=O) groups is 1. The molecule has 23 heavy (non-hydrogen) atoms. The van der Waals surface area contributed by atoms with Crippen LogP contribution in [0.4, 0.5) is 4.79 Å². The predicted octanol–water partition coefficient (Wildman–Crippen LogP) is 3.15. The van der Waals surface area contributed by atoms with Gasteiger partial charge < -0.3 is 15.4 Å². The Morgan fingerprint density at radius 2 is 1.96 bits per heavy atom. The van der Waals surface area contributed by atoms with Gasteiger partial charge in [0.2, 0.25) is 0 Å². The van der Waals surface area contributed by atoms with Gasteiger partial charge in [-0.25, -0.2) is 4.79 Å². The molecule has 6 nitrogen and oxygen atoms in total. The third kappa shape index (κ3) is 5.86. The minimum atomic E-state index is -0.493. The third-order valence-corrected chi connectivity index (χ3v) is 4.17. The highest BCUT2D eigenvalue weighted by Gasteiger charge is 2.31. The van der Waals surface area contributed by atoms with E-state index in [-0.39, 0.29) is 17.7 Å². The molecule has 1 aromatic rings. The summed E-state index contributed by atoms with van der Waals surface area (Å²) in [6.45, 7) is 12.5. The summed E-state index contributed by atoms with van der Waals surface area (Å²) in [6, 6.07) is 2.15. The molecular weight excluding hydrogens is 292 g/mol. The van der Waals surface area contributed by atoms with Gasteiger partial charge in [0, 0.05) is 25.8 Å². The summed E-state index contributed by atoms with van der Waals surface area (Å²) in [7, 11) is 1.93. The van der Waals surface area contributed by atoms with Crippen LogP contribution >= 0.6 is 0 Å². The molecule has 132 valence electrons. The number of amides is 1. The molecule has 1 unspecified atom stereocenters. The van der Waals surface area contributed by atoms with Crippen molar-refractivity contribution in [3.63, 3.8) is 0 Å². The van der Waals surface area contributed by atoms with Crippen LogP contribution in [0, 0.1) is 0 Å². The average molecular weight is 324 g/mol. The van der Waals surface area contributed by atoms with Gasteiger partial charge in [-0.05, 0) is 46.6 Å². The zero-order chi connectivity index (χ0) is 17.7. The van der Waals surface area contributed by atoms with Crippen LogP contribution in [0.2, 0.25) is 0 Å². The zero-order valence-electron chi connectivity index (χ0n) is 15.6. The van der Waals surface area contributed by atoms with Crippen LogP contribution in [0.5, 0.6) is 0 Å². The summed E-state index contributed by atoms with van der Waals surface area (Å²) in [6.07, 6.45) is 3.08. The van der Waals surface area contributed by atoms with E-state index in [0.29, 0.717) is 6.54 Å². The maximum Gasteiger partial charge on any atom is 0.408 e. The summed E-state index contributed by atoms with van der Waals surface area (Å²) in [5.41, 5.74) is 0.297. The van der Waals surface area contributed by atoms with Gasteiger partial charge in [0.1, 0.15) is 5.60 Å². The Bertz CT molecular complexity index is 501. The summed E-state index contributed by atoms with van der Waals surface area (Å²) in [5, 5.41) is 10.8. The average Bonchev–Trinajstić information content (AvgIpc) is 2.87. The molecule has 0 bridgehead atoms. The monoisotopic (exact) mass is 324 g/mol. The normalized spacial score (nSPS) is 13.7. The van der Waals surface area contributed by atoms with Gasteiger partial charge in [-0.15, -0.1) is 0 Å². The second-order valence-electron chi connectivity index (χ2n) is 7.10. The molecule has 1 aromatic heterocycles. The summed E-state index contributed by atoms with van der Waals surface area (Å²) < 4.78 is 7.26. The number of ether oxygens (including phenoxy) is 1. The molecule has 0 fully saturated rings. The van der Waals surface area contributed by atoms with Gasteiger partial charge in [0.25, 0.3) is 0 Å². The highest BCUT2D eigenvalue weighted by atomic mass is 16.6. The fraction of sp³-hybridized carbons (Fsp3) is 0.765. The van der Waals surface area contributed by atoms with Crippen molar-refractivity contribution in [2.45, 2.75) is 71.6 Å². The molecule has 1 heterocycles. The summed E-state index contributed by atoms with van der Waals surface area (Å²) in [4.78, 5) is 12.1. The zero-order valence-corrected chi connectivity index (χ0v) is 15.6. The Balaban J connectivity index is 2.69. The molecule has 1 atom stereocenters. The number of alkyl carbamates (subject to hydrolysis) is 1. The van der Waals surface area contributed by atoms with Crippen molar-refractivity contribution in [2.24, 2.45) is 7.05 Å². The fourth-order valence-corrected chi connectivity index (χ4v) is 2.50. The van der Waals surface area contributed by atoms with Crippen molar-refractivity contribution in [2.75, 3.05) is 6.54 Å². The van der Waals surface area contributed by atoms with Gasteiger partial charge >= 0.3 is 6.09 Å². The smallest absolute Gasteiger partial charge is 0.408 e. The molecule has 6 heteroatoms. The molecule has 1 amide bonds. The first kappa shape index (κ1) is 19.5. The number of rotatable bonds is 7. The van der Waals surface area contributed by atoms with Crippen LogP contribution in [0.25, 0.3) is 0 Å². The number of nitrogens with one attached hydrogen (secondary N) is 2. The van der Waals surface area contributed by atoms with Gasteiger partial charge in [0.15, 0.2) is 0 Å². The van der Waals surface area contributed by atoms with E-state index in [1.165, 1.54) is 0 Å². The van der Waals surface area contributed by atoms with Crippen LogP contribution in [-0.2, 0) is 11.8 Å². The Kier molecular flexibility index (Phi) is 6.62. The molecule has 0 saturated heterocycles. The topological polar surface area (TPSA) is 68.2 Å². The van der Waals surface area contributed by atoms with E-state index in [9.17, 15) is 4.79 Å². The highest BCUT2D eigenvalue weighted by molar-refractivity contribution is 5.68. The summed E-state index contributed by atoms with van der Waals surface area (Å²) in [5.74, 6) is 0. The van der Waals surface area contributed by atoms with Crippen molar-refractivity contribution in [3.8, 4) is 0 Å². The first-order chi connectivity index (χ1) is 10.6. The van der Waals surface area contributed by atoms with Crippen LogP contribution < -0.4 is 10.6 Å². The minimum absolute atomic E-state index is 0.153. The molecule has 2 N–H and O–H groups in total. The fourth-order valence-electron chi connectivity index (χ4n) is 2.50. The van der Waals surface area contributed by atoms with Crippen molar-refractivity contribution < 1.29 is 9.53 Å². The first-order valence-electron chi connectivity index (χ1n) is 8.35. The van der Waals surface area contributed by atoms with Gasteiger partial charge in [0.05, 0.1) is 11.2 Å². The standard InChI is InChI=1S/C17H32N4O2/c1-8-17(9-2,20-15(22)23-16(4,5)6)12-18-13(3)14-10-11-19-21(14)7/h10-11,13,18H,8-9,12H2,1-7H3,(H,20,22). The van der Waals surface area contributed by atoms with Crippen molar-refractivity contribution in [3.05, 3.63) is 18.0 Å². The predicted molar refractivity (Wildman–Crippen MR) is 92.3 cm³/mol. The Hall–Kier alpha value is -1.56. The molecule has 0 saturated carbocycles. The number of aryl methyl sites for hydroxylation is 1. The Morgan fingerprint density at radius 3 is 2.39 bits per heavy atom.